The maximum atomic E-state index is 13.4. The van der Waals surface area contributed by atoms with Crippen LogP contribution in [0, 0.1) is 0 Å². The highest BCUT2D eigenvalue weighted by Gasteiger charge is 2.44. The molecular weight excluding hydrogens is 460 g/mol. The van der Waals surface area contributed by atoms with Crippen LogP contribution in [0.2, 0.25) is 0 Å². The molecule has 1 atom stereocenters. The summed E-state index contributed by atoms with van der Waals surface area (Å²) in [5.74, 6) is -0.296. The second-order valence-electron chi connectivity index (χ2n) is 7.88. The van der Waals surface area contributed by atoms with E-state index in [2.05, 4.69) is 4.90 Å². The molecule has 1 aromatic carbocycles. The summed E-state index contributed by atoms with van der Waals surface area (Å²) in [4.78, 5) is 30.8. The van der Waals surface area contributed by atoms with Crippen molar-refractivity contribution in [2.75, 3.05) is 60.7 Å². The smallest absolute Gasteiger partial charge is 0.290 e. The van der Waals surface area contributed by atoms with E-state index in [9.17, 15) is 14.7 Å². The lowest BCUT2D eigenvalue weighted by Gasteiger charge is -2.32. The Hall–Kier alpha value is -3.08. The van der Waals surface area contributed by atoms with Gasteiger partial charge in [0.05, 0.1) is 51.0 Å². The molecule has 0 radical (unpaired) electrons. The second kappa shape index (κ2) is 10.5. The molecule has 10 heteroatoms. The summed E-state index contributed by atoms with van der Waals surface area (Å²) in [7, 11) is 4.51. The Morgan fingerprint density at radius 1 is 1.12 bits per heavy atom. The van der Waals surface area contributed by atoms with E-state index in [1.165, 1.54) is 37.6 Å². The molecule has 1 fully saturated rings. The number of carbonyl (C=O) groups is 2. The number of carbonyl (C=O) groups excluding carboxylic acids is 2. The van der Waals surface area contributed by atoms with E-state index >= 15 is 0 Å². The average molecular weight is 489 g/mol. The first-order valence-corrected chi connectivity index (χ1v) is 11.8. The van der Waals surface area contributed by atoms with Crippen LogP contribution in [0.15, 0.2) is 41.0 Å². The molecule has 0 spiro atoms. The van der Waals surface area contributed by atoms with Crippen LogP contribution in [-0.4, -0.2) is 87.3 Å². The Bertz CT molecular complexity index is 1050. The van der Waals surface area contributed by atoms with Crippen LogP contribution in [0.3, 0.4) is 0 Å². The molecule has 34 heavy (non-hydrogen) atoms. The summed E-state index contributed by atoms with van der Waals surface area (Å²) in [5, 5.41) is 12.7. The fourth-order valence-electron chi connectivity index (χ4n) is 4.34. The van der Waals surface area contributed by atoms with E-state index in [4.69, 9.17) is 18.9 Å². The van der Waals surface area contributed by atoms with Crippen LogP contribution in [0.4, 0.5) is 0 Å². The number of amides is 1. The fourth-order valence-corrected chi connectivity index (χ4v) is 5.01. The Morgan fingerprint density at radius 2 is 1.79 bits per heavy atom. The molecule has 2 aliphatic rings. The van der Waals surface area contributed by atoms with E-state index in [-0.39, 0.29) is 11.4 Å². The Kier molecular flexibility index (Phi) is 7.40. The van der Waals surface area contributed by atoms with Gasteiger partial charge in [0.2, 0.25) is 11.5 Å². The third-order valence-electron chi connectivity index (χ3n) is 6.06. The molecule has 182 valence electrons. The van der Waals surface area contributed by atoms with Crippen molar-refractivity contribution in [3.05, 3.63) is 51.4 Å². The van der Waals surface area contributed by atoms with Gasteiger partial charge in [0.25, 0.3) is 5.91 Å². The summed E-state index contributed by atoms with van der Waals surface area (Å²) < 4.78 is 21.8. The number of ketones is 1. The van der Waals surface area contributed by atoms with Crippen molar-refractivity contribution in [1.82, 2.24) is 9.80 Å². The lowest BCUT2D eigenvalue weighted by molar-refractivity contribution is -0.129. The largest absolute Gasteiger partial charge is 0.503 e. The molecule has 1 amide bonds. The van der Waals surface area contributed by atoms with Crippen LogP contribution in [-0.2, 0) is 9.53 Å². The van der Waals surface area contributed by atoms with Gasteiger partial charge in [-0.05, 0) is 29.1 Å². The van der Waals surface area contributed by atoms with Crippen molar-refractivity contribution in [3.63, 3.8) is 0 Å². The van der Waals surface area contributed by atoms with Gasteiger partial charge >= 0.3 is 0 Å². The van der Waals surface area contributed by atoms with Gasteiger partial charge < -0.3 is 29.0 Å². The zero-order chi connectivity index (χ0) is 24.2. The number of benzene rings is 1. The van der Waals surface area contributed by atoms with Gasteiger partial charge in [0, 0.05) is 26.2 Å². The minimum absolute atomic E-state index is 0.0451. The van der Waals surface area contributed by atoms with Gasteiger partial charge in [-0.2, -0.15) is 0 Å². The van der Waals surface area contributed by atoms with E-state index < -0.39 is 17.7 Å². The van der Waals surface area contributed by atoms with Crippen molar-refractivity contribution in [2.24, 2.45) is 0 Å². The van der Waals surface area contributed by atoms with Gasteiger partial charge in [-0.15, -0.1) is 11.3 Å². The topological polar surface area (TPSA) is 97.8 Å². The van der Waals surface area contributed by atoms with Crippen LogP contribution in [0.25, 0.3) is 0 Å². The molecule has 1 unspecified atom stereocenters. The Labute approximate surface area is 202 Å². The van der Waals surface area contributed by atoms with Crippen LogP contribution < -0.4 is 14.2 Å². The molecule has 2 aromatic rings. The maximum Gasteiger partial charge on any atom is 0.290 e. The van der Waals surface area contributed by atoms with Crippen molar-refractivity contribution >= 4 is 23.0 Å². The van der Waals surface area contributed by atoms with Crippen LogP contribution >= 0.6 is 11.3 Å². The highest BCUT2D eigenvalue weighted by molar-refractivity contribution is 7.12. The number of rotatable bonds is 9. The lowest BCUT2D eigenvalue weighted by atomic mass is 9.94. The molecule has 0 saturated carbocycles. The SMILES string of the molecule is COc1cc(C2C(C(=O)c3cccs3)=C(O)C(=O)N2CCN2CCOCC2)cc(OC)c1OC. The third kappa shape index (κ3) is 4.48. The molecule has 1 N–H and O–H groups in total. The number of morpholine rings is 1. The van der Waals surface area contributed by atoms with Crippen molar-refractivity contribution in [2.45, 2.75) is 6.04 Å². The van der Waals surface area contributed by atoms with Crippen molar-refractivity contribution in [1.29, 1.82) is 0 Å². The van der Waals surface area contributed by atoms with Crippen molar-refractivity contribution < 1.29 is 33.6 Å². The standard InChI is InChI=1S/C24H28N2O7S/c1-30-16-13-15(14-17(31-2)23(16)32-3)20-19(21(27)18-5-4-12-34-18)22(28)24(29)26(20)7-6-25-8-10-33-11-9-25/h4-5,12-14,20,28H,6-11H2,1-3H3. The second-order valence-corrected chi connectivity index (χ2v) is 8.83. The summed E-state index contributed by atoms with van der Waals surface area (Å²) in [6.07, 6.45) is 0. The van der Waals surface area contributed by atoms with Gasteiger partial charge in [-0.25, -0.2) is 0 Å². The Balaban J connectivity index is 1.77. The number of Topliss-reactive ketones (excluding diaryl/α,β-unsaturated/α-hetero) is 1. The lowest BCUT2D eigenvalue weighted by Crippen LogP contribution is -2.43. The molecule has 1 saturated heterocycles. The summed E-state index contributed by atoms with van der Waals surface area (Å²) in [5.41, 5.74) is 0.623. The van der Waals surface area contributed by atoms with Gasteiger partial charge in [-0.1, -0.05) is 6.07 Å². The molecule has 0 bridgehead atoms. The highest BCUT2D eigenvalue weighted by Crippen LogP contribution is 2.45. The minimum atomic E-state index is -0.808. The number of aliphatic hydroxyl groups excluding tert-OH is 1. The first-order chi connectivity index (χ1) is 16.5. The van der Waals surface area contributed by atoms with Gasteiger partial charge in [-0.3, -0.25) is 14.5 Å². The zero-order valence-electron chi connectivity index (χ0n) is 19.4. The summed E-state index contributed by atoms with van der Waals surface area (Å²) >= 11 is 1.26. The zero-order valence-corrected chi connectivity index (χ0v) is 20.2. The number of ether oxygens (including phenoxy) is 4. The molecule has 9 nitrogen and oxygen atoms in total. The predicted octanol–water partition coefficient (Wildman–Crippen LogP) is 2.68. The van der Waals surface area contributed by atoms with E-state index in [1.807, 2.05) is 0 Å². The van der Waals surface area contributed by atoms with E-state index in [0.717, 1.165) is 13.1 Å². The fraction of sp³-hybridized carbons (Fsp3) is 0.417. The maximum absolute atomic E-state index is 13.4. The van der Waals surface area contributed by atoms with E-state index in [0.29, 0.717) is 54.0 Å². The third-order valence-corrected chi connectivity index (χ3v) is 6.93. The molecule has 4 rings (SSSR count). The van der Waals surface area contributed by atoms with Gasteiger partial charge in [0.1, 0.15) is 0 Å². The van der Waals surface area contributed by atoms with Gasteiger partial charge in [0.15, 0.2) is 17.3 Å². The number of thiophene rings is 1. The Morgan fingerprint density at radius 3 is 2.35 bits per heavy atom. The molecule has 2 aliphatic heterocycles. The van der Waals surface area contributed by atoms with Crippen molar-refractivity contribution in [3.8, 4) is 17.2 Å². The normalized spacial score (nSPS) is 19.0. The number of nitrogens with zero attached hydrogens (tertiary/aromatic N) is 2. The highest BCUT2D eigenvalue weighted by atomic mass is 32.1. The molecule has 1 aromatic heterocycles. The first-order valence-electron chi connectivity index (χ1n) is 10.9. The molecule has 0 aliphatic carbocycles. The summed E-state index contributed by atoms with van der Waals surface area (Å²) in [6, 6.07) is 6.05. The number of hydrogen-bond donors (Lipinski definition) is 1. The van der Waals surface area contributed by atoms with Crippen LogP contribution in [0.1, 0.15) is 21.3 Å². The number of methoxy groups -OCH3 is 3. The predicted molar refractivity (Wildman–Crippen MR) is 126 cm³/mol. The van der Waals surface area contributed by atoms with Crippen LogP contribution in [0.5, 0.6) is 17.2 Å². The molecule has 3 heterocycles. The number of aliphatic hydroxyl groups is 1. The first kappa shape index (κ1) is 24.1. The number of hydrogen-bond acceptors (Lipinski definition) is 9. The quantitative estimate of drug-likeness (QED) is 0.538. The van der Waals surface area contributed by atoms with E-state index in [1.54, 1.807) is 29.6 Å². The molecular formula is C24H28N2O7S. The monoisotopic (exact) mass is 488 g/mol. The minimum Gasteiger partial charge on any atom is -0.503 e. The average Bonchev–Trinajstić information content (AvgIpc) is 3.49. The summed E-state index contributed by atoms with van der Waals surface area (Å²) in [6.45, 7) is 3.70.